The second-order valence-electron chi connectivity index (χ2n) is 3.95. The van der Waals surface area contributed by atoms with Crippen molar-refractivity contribution in [1.29, 1.82) is 0 Å². The Hall–Kier alpha value is -1.56. The van der Waals surface area contributed by atoms with E-state index in [1.807, 2.05) is 6.92 Å². The van der Waals surface area contributed by atoms with Crippen LogP contribution in [0.4, 0.5) is 5.00 Å². The first-order chi connectivity index (χ1) is 8.42. The monoisotopic (exact) mass is 271 g/mol. The highest BCUT2D eigenvalue weighted by Crippen LogP contribution is 2.32. The number of esters is 2. The molecule has 0 radical (unpaired) electrons. The number of carbonyl (C=O) groups excluding carboxylic acids is 2. The molecular formula is C12H17NO4S. The number of ether oxygens (including phenoxy) is 2. The average Bonchev–Trinajstić information content (AvgIpc) is 2.64. The fourth-order valence-corrected chi connectivity index (χ4v) is 2.64. The summed E-state index contributed by atoms with van der Waals surface area (Å²) in [5.41, 5.74) is 6.68. The number of thiophene rings is 1. The van der Waals surface area contributed by atoms with Crippen LogP contribution in [0, 0.1) is 0 Å². The van der Waals surface area contributed by atoms with E-state index in [4.69, 9.17) is 10.5 Å². The van der Waals surface area contributed by atoms with E-state index in [1.165, 1.54) is 7.11 Å². The van der Waals surface area contributed by atoms with Crippen molar-refractivity contribution in [2.24, 2.45) is 0 Å². The summed E-state index contributed by atoms with van der Waals surface area (Å²) in [6, 6.07) is 0. The molecule has 0 aliphatic carbocycles. The molecule has 1 heterocycles. The smallest absolute Gasteiger partial charge is 0.348 e. The third-order valence-electron chi connectivity index (χ3n) is 2.31. The van der Waals surface area contributed by atoms with Crippen molar-refractivity contribution in [3.05, 3.63) is 16.0 Å². The van der Waals surface area contributed by atoms with Crippen molar-refractivity contribution < 1.29 is 19.1 Å². The van der Waals surface area contributed by atoms with E-state index < -0.39 is 11.9 Å². The number of rotatable bonds is 4. The lowest BCUT2D eigenvalue weighted by Crippen LogP contribution is -2.14. The Bertz CT molecular complexity index is 465. The zero-order valence-corrected chi connectivity index (χ0v) is 11.7. The molecule has 2 N–H and O–H groups in total. The first-order valence-corrected chi connectivity index (χ1v) is 6.44. The molecule has 0 atom stereocenters. The molecule has 0 saturated carbocycles. The highest BCUT2D eigenvalue weighted by Gasteiger charge is 2.26. The number of methoxy groups -OCH3 is 1. The van der Waals surface area contributed by atoms with Gasteiger partial charge in [-0.05, 0) is 25.8 Å². The summed E-state index contributed by atoms with van der Waals surface area (Å²) >= 11 is 1.06. The molecule has 0 saturated heterocycles. The summed E-state index contributed by atoms with van der Waals surface area (Å²) in [6.07, 6.45) is 0.281. The molecule has 1 aromatic heterocycles. The molecule has 0 fully saturated rings. The summed E-state index contributed by atoms with van der Waals surface area (Å²) in [5.74, 6) is -0.974. The molecule has 0 amide bonds. The molecule has 0 bridgehead atoms. The van der Waals surface area contributed by atoms with Gasteiger partial charge in [-0.25, -0.2) is 9.59 Å². The SMILES string of the molecule is CCc1c(C(=O)OC)sc(N)c1C(=O)OC(C)C. The summed E-state index contributed by atoms with van der Waals surface area (Å²) in [4.78, 5) is 23.9. The molecule has 0 aromatic carbocycles. The van der Waals surface area contributed by atoms with Crippen LogP contribution in [0.3, 0.4) is 0 Å². The lowest BCUT2D eigenvalue weighted by molar-refractivity contribution is 0.0378. The third kappa shape index (κ3) is 2.81. The lowest BCUT2D eigenvalue weighted by atomic mass is 10.1. The maximum Gasteiger partial charge on any atom is 0.348 e. The van der Waals surface area contributed by atoms with Crippen molar-refractivity contribution in [2.45, 2.75) is 33.3 Å². The minimum absolute atomic E-state index is 0.233. The highest BCUT2D eigenvalue weighted by atomic mass is 32.1. The largest absolute Gasteiger partial charge is 0.465 e. The maximum absolute atomic E-state index is 11.9. The standard InChI is InChI=1S/C12H17NO4S/c1-5-7-8(11(14)17-6(2)3)10(13)18-9(7)12(15)16-4/h6H,5,13H2,1-4H3. The topological polar surface area (TPSA) is 78.6 Å². The van der Waals surface area contributed by atoms with Gasteiger partial charge in [-0.2, -0.15) is 0 Å². The summed E-state index contributed by atoms with van der Waals surface area (Å²) in [7, 11) is 1.30. The Kier molecular flexibility index (Phi) is 4.72. The van der Waals surface area contributed by atoms with Crippen molar-refractivity contribution >= 4 is 28.3 Å². The third-order valence-corrected chi connectivity index (χ3v) is 3.35. The van der Waals surface area contributed by atoms with E-state index >= 15 is 0 Å². The van der Waals surface area contributed by atoms with Crippen LogP contribution < -0.4 is 5.73 Å². The number of anilines is 1. The molecule has 6 heteroatoms. The van der Waals surface area contributed by atoms with Crippen LogP contribution in [0.1, 0.15) is 46.4 Å². The van der Waals surface area contributed by atoms with Gasteiger partial charge in [-0.1, -0.05) is 6.92 Å². The van der Waals surface area contributed by atoms with Crippen molar-refractivity contribution in [3.8, 4) is 0 Å². The van der Waals surface area contributed by atoms with Gasteiger partial charge in [0, 0.05) is 0 Å². The number of nitrogens with two attached hydrogens (primary N) is 1. The minimum atomic E-state index is -0.495. The van der Waals surface area contributed by atoms with E-state index in [-0.39, 0.29) is 16.7 Å². The Labute approximate surface area is 110 Å². The molecule has 5 nitrogen and oxygen atoms in total. The van der Waals surface area contributed by atoms with Crippen molar-refractivity contribution in [1.82, 2.24) is 0 Å². The normalized spacial score (nSPS) is 10.5. The number of hydrogen-bond acceptors (Lipinski definition) is 6. The molecule has 0 aliphatic rings. The number of nitrogen functional groups attached to an aromatic ring is 1. The van der Waals surface area contributed by atoms with Gasteiger partial charge < -0.3 is 15.2 Å². The lowest BCUT2D eigenvalue weighted by Gasteiger charge is -2.09. The van der Waals surface area contributed by atoms with Gasteiger partial charge in [-0.3, -0.25) is 0 Å². The zero-order chi connectivity index (χ0) is 13.9. The van der Waals surface area contributed by atoms with E-state index in [0.29, 0.717) is 16.9 Å². The van der Waals surface area contributed by atoms with Crippen molar-refractivity contribution in [3.63, 3.8) is 0 Å². The van der Waals surface area contributed by atoms with E-state index in [1.54, 1.807) is 13.8 Å². The van der Waals surface area contributed by atoms with E-state index in [9.17, 15) is 9.59 Å². The van der Waals surface area contributed by atoms with Crippen LogP contribution in [-0.4, -0.2) is 25.2 Å². The second-order valence-corrected chi connectivity index (χ2v) is 5.00. The van der Waals surface area contributed by atoms with E-state index in [2.05, 4.69) is 4.74 Å². The molecule has 0 spiro atoms. The fourth-order valence-electron chi connectivity index (χ4n) is 1.58. The summed E-state index contributed by atoms with van der Waals surface area (Å²) in [5, 5.41) is 0.290. The first-order valence-electron chi connectivity index (χ1n) is 5.62. The molecule has 0 aliphatic heterocycles. The Balaban J connectivity index is 3.23. The summed E-state index contributed by atoms with van der Waals surface area (Å²) in [6.45, 7) is 5.36. The molecular weight excluding hydrogens is 254 g/mol. The van der Waals surface area contributed by atoms with Crippen LogP contribution >= 0.6 is 11.3 Å². The molecule has 1 aromatic rings. The number of carbonyl (C=O) groups is 2. The Morgan fingerprint density at radius 1 is 1.33 bits per heavy atom. The van der Waals surface area contributed by atoms with Crippen LogP contribution in [-0.2, 0) is 15.9 Å². The quantitative estimate of drug-likeness (QED) is 0.850. The van der Waals surface area contributed by atoms with Crippen LogP contribution in [0.2, 0.25) is 0 Å². The second kappa shape index (κ2) is 5.86. The number of hydrogen-bond donors (Lipinski definition) is 1. The Morgan fingerprint density at radius 2 is 1.94 bits per heavy atom. The fraction of sp³-hybridized carbons (Fsp3) is 0.500. The van der Waals surface area contributed by atoms with Gasteiger partial charge in [-0.15, -0.1) is 11.3 Å². The average molecular weight is 271 g/mol. The minimum Gasteiger partial charge on any atom is -0.465 e. The molecule has 100 valence electrons. The van der Waals surface area contributed by atoms with Gasteiger partial charge in [0.1, 0.15) is 9.88 Å². The van der Waals surface area contributed by atoms with Gasteiger partial charge in [0.2, 0.25) is 0 Å². The maximum atomic E-state index is 11.9. The molecule has 18 heavy (non-hydrogen) atoms. The Morgan fingerprint density at radius 3 is 2.39 bits per heavy atom. The van der Waals surface area contributed by atoms with Gasteiger partial charge in [0.15, 0.2) is 0 Å². The van der Waals surface area contributed by atoms with Crippen LogP contribution in [0.25, 0.3) is 0 Å². The van der Waals surface area contributed by atoms with Crippen LogP contribution in [0.5, 0.6) is 0 Å². The van der Waals surface area contributed by atoms with Gasteiger partial charge >= 0.3 is 11.9 Å². The molecule has 1 rings (SSSR count). The summed E-state index contributed by atoms with van der Waals surface area (Å²) < 4.78 is 9.79. The zero-order valence-electron chi connectivity index (χ0n) is 10.9. The molecule has 0 unspecified atom stereocenters. The van der Waals surface area contributed by atoms with Crippen molar-refractivity contribution in [2.75, 3.05) is 12.8 Å². The van der Waals surface area contributed by atoms with E-state index in [0.717, 1.165) is 11.3 Å². The predicted molar refractivity (Wildman–Crippen MR) is 70.0 cm³/mol. The predicted octanol–water partition coefficient (Wildman–Crippen LogP) is 2.24. The van der Waals surface area contributed by atoms with Gasteiger partial charge in [0.25, 0.3) is 0 Å². The van der Waals surface area contributed by atoms with Crippen LogP contribution in [0.15, 0.2) is 0 Å². The van der Waals surface area contributed by atoms with Gasteiger partial charge in [0.05, 0.1) is 18.8 Å². The highest BCUT2D eigenvalue weighted by molar-refractivity contribution is 7.18. The first kappa shape index (κ1) is 14.5.